The van der Waals surface area contributed by atoms with E-state index in [1.165, 1.54) is 12.3 Å². The SMILES string of the molecule is CC(C)C(=O)Nc1cc(C(C)NC(=O)c2ccc(OCC(F)(F)F)cc2O)ccn1. The van der Waals surface area contributed by atoms with Crippen LogP contribution in [0.2, 0.25) is 0 Å². The molecule has 1 aromatic heterocycles. The van der Waals surface area contributed by atoms with E-state index in [2.05, 4.69) is 20.4 Å². The second kappa shape index (κ2) is 9.47. The fourth-order valence-electron chi connectivity index (χ4n) is 2.37. The first kappa shape index (κ1) is 23.0. The van der Waals surface area contributed by atoms with Gasteiger partial charge in [-0.3, -0.25) is 9.59 Å². The number of nitrogens with one attached hydrogen (secondary N) is 2. The van der Waals surface area contributed by atoms with E-state index in [0.29, 0.717) is 11.4 Å². The Morgan fingerprint density at radius 3 is 2.47 bits per heavy atom. The number of aromatic nitrogens is 1. The van der Waals surface area contributed by atoms with Crippen LogP contribution in [0.25, 0.3) is 0 Å². The first-order valence-electron chi connectivity index (χ1n) is 9.06. The maximum Gasteiger partial charge on any atom is 0.422 e. The number of amides is 2. The highest BCUT2D eigenvalue weighted by atomic mass is 19.4. The molecule has 2 amide bonds. The molecule has 7 nitrogen and oxygen atoms in total. The lowest BCUT2D eigenvalue weighted by atomic mass is 10.1. The molecule has 0 saturated carbocycles. The summed E-state index contributed by atoms with van der Waals surface area (Å²) in [5.74, 6) is -1.45. The smallest absolute Gasteiger partial charge is 0.422 e. The van der Waals surface area contributed by atoms with E-state index in [9.17, 15) is 27.9 Å². The monoisotopic (exact) mass is 425 g/mol. The topological polar surface area (TPSA) is 101 Å². The number of phenols is 1. The average Bonchev–Trinajstić information content (AvgIpc) is 2.65. The van der Waals surface area contributed by atoms with E-state index in [1.54, 1.807) is 32.9 Å². The highest BCUT2D eigenvalue weighted by Crippen LogP contribution is 2.26. The Balaban J connectivity index is 2.06. The molecular weight excluding hydrogens is 403 g/mol. The highest BCUT2D eigenvalue weighted by molar-refractivity contribution is 5.97. The molecule has 10 heteroatoms. The molecule has 1 aromatic carbocycles. The van der Waals surface area contributed by atoms with Crippen molar-refractivity contribution in [2.45, 2.75) is 33.0 Å². The van der Waals surface area contributed by atoms with E-state index in [1.807, 2.05) is 0 Å². The minimum Gasteiger partial charge on any atom is -0.507 e. The lowest BCUT2D eigenvalue weighted by Gasteiger charge is -2.16. The number of ether oxygens (including phenoxy) is 1. The summed E-state index contributed by atoms with van der Waals surface area (Å²) in [6.45, 7) is 3.67. The van der Waals surface area contributed by atoms with Crippen molar-refractivity contribution in [2.24, 2.45) is 5.92 Å². The molecule has 1 heterocycles. The van der Waals surface area contributed by atoms with E-state index in [4.69, 9.17) is 0 Å². The molecule has 2 aromatic rings. The first-order chi connectivity index (χ1) is 14.0. The van der Waals surface area contributed by atoms with Gasteiger partial charge in [0.2, 0.25) is 5.91 Å². The van der Waals surface area contributed by atoms with Gasteiger partial charge in [-0.15, -0.1) is 0 Å². The van der Waals surface area contributed by atoms with Crippen LogP contribution in [0.1, 0.15) is 42.7 Å². The summed E-state index contributed by atoms with van der Waals surface area (Å²) in [4.78, 5) is 28.3. The Morgan fingerprint density at radius 1 is 1.17 bits per heavy atom. The summed E-state index contributed by atoms with van der Waals surface area (Å²) in [7, 11) is 0. The zero-order valence-corrected chi connectivity index (χ0v) is 16.6. The second-order valence-electron chi connectivity index (χ2n) is 6.90. The molecular formula is C20H22F3N3O4. The zero-order chi connectivity index (χ0) is 22.5. The third kappa shape index (κ3) is 6.64. The van der Waals surface area contributed by atoms with Crippen molar-refractivity contribution < 1.29 is 32.6 Å². The molecule has 0 aliphatic rings. The zero-order valence-electron chi connectivity index (χ0n) is 16.6. The Morgan fingerprint density at radius 2 is 1.87 bits per heavy atom. The third-order valence-corrected chi connectivity index (χ3v) is 4.02. The molecule has 0 radical (unpaired) electrons. The number of alkyl halides is 3. The minimum atomic E-state index is -4.51. The lowest BCUT2D eigenvalue weighted by Crippen LogP contribution is -2.27. The molecule has 1 unspecified atom stereocenters. The van der Waals surface area contributed by atoms with Crippen LogP contribution in [0.5, 0.6) is 11.5 Å². The van der Waals surface area contributed by atoms with E-state index in [0.717, 1.165) is 12.1 Å². The summed E-state index contributed by atoms with van der Waals surface area (Å²) < 4.78 is 41.2. The number of hydrogen-bond acceptors (Lipinski definition) is 5. The van der Waals surface area contributed by atoms with Crippen molar-refractivity contribution in [3.05, 3.63) is 47.7 Å². The van der Waals surface area contributed by atoms with Gasteiger partial charge in [-0.1, -0.05) is 13.8 Å². The van der Waals surface area contributed by atoms with E-state index in [-0.39, 0.29) is 23.1 Å². The largest absolute Gasteiger partial charge is 0.507 e. The van der Waals surface area contributed by atoms with Crippen LogP contribution in [0.15, 0.2) is 36.5 Å². The van der Waals surface area contributed by atoms with Gasteiger partial charge in [0.1, 0.15) is 17.3 Å². The molecule has 1 atom stereocenters. The van der Waals surface area contributed by atoms with Gasteiger partial charge in [-0.05, 0) is 36.8 Å². The van der Waals surface area contributed by atoms with Crippen molar-refractivity contribution in [1.82, 2.24) is 10.3 Å². The summed E-state index contributed by atoms with van der Waals surface area (Å²) in [5, 5.41) is 15.3. The number of phenolic OH excluding ortho intramolecular Hbond substituents is 1. The molecule has 0 saturated heterocycles. The van der Waals surface area contributed by atoms with Gasteiger partial charge in [0.15, 0.2) is 6.61 Å². The Labute approximate surface area is 171 Å². The maximum absolute atomic E-state index is 12.5. The fourth-order valence-corrected chi connectivity index (χ4v) is 2.37. The van der Waals surface area contributed by atoms with Crippen LogP contribution in [0.4, 0.5) is 19.0 Å². The first-order valence-corrected chi connectivity index (χ1v) is 9.06. The van der Waals surface area contributed by atoms with Crippen molar-refractivity contribution >= 4 is 17.6 Å². The van der Waals surface area contributed by atoms with Crippen LogP contribution in [-0.4, -0.2) is 34.7 Å². The molecule has 0 aliphatic heterocycles. The molecule has 2 rings (SSSR count). The van der Waals surface area contributed by atoms with Crippen molar-refractivity contribution in [3.8, 4) is 11.5 Å². The Bertz CT molecular complexity index is 916. The number of halogens is 3. The molecule has 162 valence electrons. The average molecular weight is 425 g/mol. The van der Waals surface area contributed by atoms with Gasteiger partial charge in [-0.25, -0.2) is 4.98 Å². The van der Waals surface area contributed by atoms with E-state index < -0.39 is 30.5 Å². The van der Waals surface area contributed by atoms with Gasteiger partial charge in [0.25, 0.3) is 5.91 Å². The number of hydrogen-bond donors (Lipinski definition) is 3. The maximum atomic E-state index is 12.5. The molecule has 0 bridgehead atoms. The van der Waals surface area contributed by atoms with E-state index >= 15 is 0 Å². The molecule has 0 aliphatic carbocycles. The summed E-state index contributed by atoms with van der Waals surface area (Å²) in [6.07, 6.45) is -3.03. The van der Waals surface area contributed by atoms with Crippen molar-refractivity contribution in [3.63, 3.8) is 0 Å². The van der Waals surface area contributed by atoms with Crippen LogP contribution >= 0.6 is 0 Å². The fraction of sp³-hybridized carbons (Fsp3) is 0.350. The summed E-state index contributed by atoms with van der Waals surface area (Å²) in [5.41, 5.74) is 0.533. The number of carbonyl (C=O) groups excluding carboxylic acids is 2. The number of anilines is 1. The Hall–Kier alpha value is -3.30. The van der Waals surface area contributed by atoms with Crippen molar-refractivity contribution in [2.75, 3.05) is 11.9 Å². The molecule has 0 fully saturated rings. The number of rotatable bonds is 7. The second-order valence-corrected chi connectivity index (χ2v) is 6.90. The van der Waals surface area contributed by atoms with Crippen LogP contribution < -0.4 is 15.4 Å². The highest BCUT2D eigenvalue weighted by Gasteiger charge is 2.28. The quantitative estimate of drug-likeness (QED) is 0.626. The van der Waals surface area contributed by atoms with Crippen LogP contribution in [0.3, 0.4) is 0 Å². The number of pyridine rings is 1. The Kier molecular flexibility index (Phi) is 7.25. The van der Waals surface area contributed by atoms with Gasteiger partial charge in [0.05, 0.1) is 11.6 Å². The van der Waals surface area contributed by atoms with Crippen LogP contribution in [0, 0.1) is 5.92 Å². The predicted octanol–water partition coefficient (Wildman–Crippen LogP) is 3.81. The van der Waals surface area contributed by atoms with Gasteiger partial charge < -0.3 is 20.5 Å². The summed E-state index contributed by atoms with van der Waals surface area (Å²) in [6, 6.07) is 6.04. The number of benzene rings is 1. The summed E-state index contributed by atoms with van der Waals surface area (Å²) >= 11 is 0. The van der Waals surface area contributed by atoms with Gasteiger partial charge >= 0.3 is 6.18 Å². The molecule has 30 heavy (non-hydrogen) atoms. The minimum absolute atomic E-state index is 0.122. The third-order valence-electron chi connectivity index (χ3n) is 4.02. The number of nitrogens with zero attached hydrogens (tertiary/aromatic N) is 1. The van der Waals surface area contributed by atoms with Crippen molar-refractivity contribution in [1.29, 1.82) is 0 Å². The lowest BCUT2D eigenvalue weighted by molar-refractivity contribution is -0.153. The standard InChI is InChI=1S/C20H22F3N3O4/c1-11(2)18(28)26-17-8-13(6-7-24-17)12(3)25-19(29)15-5-4-14(9-16(15)27)30-10-20(21,22)23/h4-9,11-12,27H,10H2,1-3H3,(H,25,29)(H,24,26,28). The number of aromatic hydroxyl groups is 1. The van der Waals surface area contributed by atoms with Crippen LogP contribution in [-0.2, 0) is 4.79 Å². The molecule has 0 spiro atoms. The number of carbonyl (C=O) groups is 2. The normalized spacial score (nSPS) is 12.4. The molecule has 3 N–H and O–H groups in total. The predicted molar refractivity (Wildman–Crippen MR) is 103 cm³/mol. The van der Waals surface area contributed by atoms with Gasteiger partial charge in [-0.2, -0.15) is 13.2 Å². The van der Waals surface area contributed by atoms with Gasteiger partial charge in [0, 0.05) is 18.2 Å².